The van der Waals surface area contributed by atoms with Crippen LogP contribution < -0.4 is 0 Å². The van der Waals surface area contributed by atoms with Gasteiger partial charge in [-0.1, -0.05) is 158 Å². The lowest BCUT2D eigenvalue weighted by Gasteiger charge is -2.13. The van der Waals surface area contributed by atoms with Crippen LogP contribution in [0.15, 0.2) is 158 Å². The maximum absolute atomic E-state index is 2.34. The summed E-state index contributed by atoms with van der Waals surface area (Å²) in [6.07, 6.45) is 0.892. The molecule has 6 rings (SSSR count). The van der Waals surface area contributed by atoms with Crippen molar-refractivity contribution in [2.45, 2.75) is 6.42 Å². The lowest BCUT2D eigenvalue weighted by Crippen LogP contribution is -1.92. The Morgan fingerprint density at radius 1 is 0.270 bits per heavy atom. The average molecular weight is 473 g/mol. The van der Waals surface area contributed by atoms with E-state index in [1.165, 1.54) is 55.6 Å². The van der Waals surface area contributed by atoms with Crippen molar-refractivity contribution in [3.8, 4) is 44.5 Å². The van der Waals surface area contributed by atoms with E-state index in [-0.39, 0.29) is 0 Å². The summed E-state index contributed by atoms with van der Waals surface area (Å²) in [6.45, 7) is 0. The van der Waals surface area contributed by atoms with Gasteiger partial charge in [-0.2, -0.15) is 0 Å². The van der Waals surface area contributed by atoms with Crippen molar-refractivity contribution in [1.82, 2.24) is 0 Å². The third-order valence-electron chi connectivity index (χ3n) is 6.91. The van der Waals surface area contributed by atoms with Crippen LogP contribution in [-0.2, 0) is 6.42 Å². The predicted octanol–water partition coefficient (Wildman–Crippen LogP) is 9.95. The summed E-state index contributed by atoms with van der Waals surface area (Å²) in [5, 5.41) is 0. The molecule has 0 bridgehead atoms. The Morgan fingerprint density at radius 3 is 1.00 bits per heavy atom. The van der Waals surface area contributed by atoms with Crippen molar-refractivity contribution in [3.05, 3.63) is 169 Å². The molecule has 37 heavy (non-hydrogen) atoms. The minimum Gasteiger partial charge on any atom is -0.0622 e. The molecule has 0 spiro atoms. The molecule has 0 N–H and O–H groups in total. The largest absolute Gasteiger partial charge is 0.0622 e. The number of hydrogen-bond donors (Lipinski definition) is 0. The molecule has 0 saturated carbocycles. The van der Waals surface area contributed by atoms with Crippen LogP contribution in [0.4, 0.5) is 0 Å². The van der Waals surface area contributed by atoms with Gasteiger partial charge in [0.15, 0.2) is 0 Å². The summed E-state index contributed by atoms with van der Waals surface area (Å²) in [4.78, 5) is 0. The van der Waals surface area contributed by atoms with Crippen LogP contribution in [0.3, 0.4) is 0 Å². The van der Waals surface area contributed by atoms with Gasteiger partial charge in [0.2, 0.25) is 0 Å². The molecular weight excluding hydrogens is 444 g/mol. The molecular formula is C37H28. The van der Waals surface area contributed by atoms with Gasteiger partial charge in [0.25, 0.3) is 0 Å². The second-order valence-corrected chi connectivity index (χ2v) is 9.40. The van der Waals surface area contributed by atoms with Crippen molar-refractivity contribution in [1.29, 1.82) is 0 Å². The van der Waals surface area contributed by atoms with Gasteiger partial charge in [0.1, 0.15) is 0 Å². The Morgan fingerprint density at radius 2 is 0.595 bits per heavy atom. The lowest BCUT2D eigenvalue weighted by molar-refractivity contribution is 1.19. The van der Waals surface area contributed by atoms with E-state index in [0.717, 1.165) is 6.42 Å². The predicted molar refractivity (Wildman–Crippen MR) is 157 cm³/mol. The summed E-state index contributed by atoms with van der Waals surface area (Å²) in [6, 6.07) is 56.6. The van der Waals surface area contributed by atoms with Crippen LogP contribution in [-0.4, -0.2) is 0 Å². The van der Waals surface area contributed by atoms with Crippen molar-refractivity contribution in [3.63, 3.8) is 0 Å². The molecule has 0 heterocycles. The highest BCUT2D eigenvalue weighted by Gasteiger charge is 2.10. The molecule has 0 unspecified atom stereocenters. The minimum absolute atomic E-state index is 0.892. The number of rotatable bonds is 6. The summed E-state index contributed by atoms with van der Waals surface area (Å²) >= 11 is 0. The molecule has 0 amide bonds. The first kappa shape index (κ1) is 22.8. The highest BCUT2D eigenvalue weighted by atomic mass is 14.1. The van der Waals surface area contributed by atoms with Gasteiger partial charge in [-0.05, 0) is 62.1 Å². The third-order valence-corrected chi connectivity index (χ3v) is 6.91. The first-order valence-corrected chi connectivity index (χ1v) is 12.8. The Labute approximate surface area is 219 Å². The maximum atomic E-state index is 2.34. The normalized spacial score (nSPS) is 10.8. The third kappa shape index (κ3) is 5.01. The van der Waals surface area contributed by atoms with Gasteiger partial charge in [0.05, 0.1) is 0 Å². The molecule has 6 aromatic rings. The van der Waals surface area contributed by atoms with Crippen molar-refractivity contribution < 1.29 is 0 Å². The number of benzene rings is 6. The molecule has 0 fully saturated rings. The van der Waals surface area contributed by atoms with Crippen molar-refractivity contribution in [2.75, 3.05) is 0 Å². The average Bonchev–Trinajstić information content (AvgIpc) is 2.98. The van der Waals surface area contributed by atoms with Crippen molar-refractivity contribution >= 4 is 0 Å². The fraction of sp³-hybridized carbons (Fsp3) is 0.0270. The second kappa shape index (κ2) is 10.5. The zero-order chi connectivity index (χ0) is 24.9. The summed E-state index contributed by atoms with van der Waals surface area (Å²) in [5.41, 5.74) is 12.7. The second-order valence-electron chi connectivity index (χ2n) is 9.40. The SMILES string of the molecule is c1ccc(-c2ccccc2-c2cccc(Cc3cccc(-c4ccccc4-c4ccccc4)c3)c2)cc1. The van der Waals surface area contributed by atoms with Gasteiger partial charge >= 0.3 is 0 Å². The standard InChI is InChI=1S/C37H28/c1-3-15-30(16-4-1)34-21-7-9-23-36(34)32-19-11-13-28(26-32)25-29-14-12-20-33(27-29)37-24-10-8-22-35(37)31-17-5-2-6-18-31/h1-24,26-27H,25H2. The van der Waals surface area contributed by atoms with Crippen LogP contribution in [0.5, 0.6) is 0 Å². The molecule has 0 aliphatic rings. The van der Waals surface area contributed by atoms with E-state index in [9.17, 15) is 0 Å². The van der Waals surface area contributed by atoms with E-state index < -0.39 is 0 Å². The molecule has 6 aromatic carbocycles. The van der Waals surface area contributed by atoms with Gasteiger partial charge < -0.3 is 0 Å². The van der Waals surface area contributed by atoms with Gasteiger partial charge in [-0.3, -0.25) is 0 Å². The summed E-state index contributed by atoms with van der Waals surface area (Å²) in [7, 11) is 0. The first-order chi connectivity index (χ1) is 18.3. The molecule has 0 aromatic heterocycles. The molecule has 0 aliphatic carbocycles. The summed E-state index contributed by atoms with van der Waals surface area (Å²) < 4.78 is 0. The van der Waals surface area contributed by atoms with E-state index in [0.29, 0.717) is 0 Å². The Hall–Kier alpha value is -4.68. The van der Waals surface area contributed by atoms with E-state index in [2.05, 4.69) is 158 Å². The van der Waals surface area contributed by atoms with Crippen LogP contribution in [0.25, 0.3) is 44.5 Å². The molecule has 0 radical (unpaired) electrons. The topological polar surface area (TPSA) is 0 Å². The Kier molecular flexibility index (Phi) is 6.47. The Bertz CT molecular complexity index is 1500. The zero-order valence-electron chi connectivity index (χ0n) is 20.7. The number of hydrogen-bond acceptors (Lipinski definition) is 0. The highest BCUT2D eigenvalue weighted by Crippen LogP contribution is 2.34. The fourth-order valence-electron chi connectivity index (χ4n) is 5.14. The van der Waals surface area contributed by atoms with Gasteiger partial charge in [-0.15, -0.1) is 0 Å². The van der Waals surface area contributed by atoms with E-state index >= 15 is 0 Å². The highest BCUT2D eigenvalue weighted by molar-refractivity contribution is 5.84. The molecule has 0 heteroatoms. The zero-order valence-corrected chi connectivity index (χ0v) is 20.7. The van der Waals surface area contributed by atoms with Crippen LogP contribution in [0, 0.1) is 0 Å². The van der Waals surface area contributed by atoms with Gasteiger partial charge in [0, 0.05) is 0 Å². The van der Waals surface area contributed by atoms with E-state index in [1.54, 1.807) is 0 Å². The van der Waals surface area contributed by atoms with E-state index in [4.69, 9.17) is 0 Å². The quantitative estimate of drug-likeness (QED) is 0.226. The van der Waals surface area contributed by atoms with Crippen LogP contribution in [0.2, 0.25) is 0 Å². The minimum atomic E-state index is 0.892. The Balaban J connectivity index is 1.32. The molecule has 0 aliphatic heterocycles. The molecule has 176 valence electrons. The van der Waals surface area contributed by atoms with Gasteiger partial charge in [-0.25, -0.2) is 0 Å². The summed E-state index contributed by atoms with van der Waals surface area (Å²) in [5.74, 6) is 0. The smallest absolute Gasteiger partial charge is 0.00253 e. The fourth-order valence-corrected chi connectivity index (χ4v) is 5.14. The lowest BCUT2D eigenvalue weighted by atomic mass is 9.91. The van der Waals surface area contributed by atoms with E-state index in [1.807, 2.05) is 0 Å². The monoisotopic (exact) mass is 472 g/mol. The molecule has 0 nitrogen and oxygen atoms in total. The van der Waals surface area contributed by atoms with Crippen LogP contribution >= 0.6 is 0 Å². The molecule has 0 saturated heterocycles. The van der Waals surface area contributed by atoms with Crippen LogP contribution in [0.1, 0.15) is 11.1 Å². The first-order valence-electron chi connectivity index (χ1n) is 12.8. The maximum Gasteiger partial charge on any atom is -0.00253 e. The molecule has 0 atom stereocenters. The van der Waals surface area contributed by atoms with Crippen molar-refractivity contribution in [2.24, 2.45) is 0 Å².